The lowest BCUT2D eigenvalue weighted by Gasteiger charge is -2.22. The number of hydrogen-bond donors (Lipinski definition) is 1. The third-order valence-electron chi connectivity index (χ3n) is 2.90. The first-order valence-corrected chi connectivity index (χ1v) is 6.04. The molecule has 0 bridgehead atoms. The van der Waals surface area contributed by atoms with Gasteiger partial charge in [0.2, 0.25) is 13.7 Å². The van der Waals surface area contributed by atoms with E-state index in [0.29, 0.717) is 0 Å². The van der Waals surface area contributed by atoms with Gasteiger partial charge in [0.05, 0.1) is 7.11 Å². The molecule has 92 valence electrons. The van der Waals surface area contributed by atoms with Gasteiger partial charge in [0.15, 0.2) is 0 Å². The van der Waals surface area contributed by atoms with E-state index in [2.05, 4.69) is 40.4 Å². The summed E-state index contributed by atoms with van der Waals surface area (Å²) >= 11 is 0. The average Bonchev–Trinajstić information content (AvgIpc) is 2.41. The van der Waals surface area contributed by atoms with E-state index < -0.39 is 0 Å². The Balaban J connectivity index is 0.000000249. The highest BCUT2D eigenvalue weighted by Crippen LogP contribution is 2.24. The second-order valence-electron chi connectivity index (χ2n) is 4.13. The quantitative estimate of drug-likeness (QED) is 0.747. The SMILES string of the molecule is BC(=O)OC.c1ccc(C2CCNCC2)cc1. The van der Waals surface area contributed by atoms with Crippen LogP contribution in [0.2, 0.25) is 0 Å². The van der Waals surface area contributed by atoms with Crippen LogP contribution in [0.5, 0.6) is 0 Å². The van der Waals surface area contributed by atoms with Crippen LogP contribution in [0.25, 0.3) is 0 Å². The van der Waals surface area contributed by atoms with Gasteiger partial charge in [0, 0.05) is 0 Å². The Morgan fingerprint density at radius 3 is 2.29 bits per heavy atom. The van der Waals surface area contributed by atoms with Crippen molar-refractivity contribution in [2.75, 3.05) is 20.2 Å². The number of hydrogen-bond acceptors (Lipinski definition) is 3. The maximum Gasteiger partial charge on any atom is 0.242 e. The Hall–Kier alpha value is -1.29. The number of carbonyl (C=O) groups is 1. The zero-order valence-electron chi connectivity index (χ0n) is 10.6. The fourth-order valence-corrected chi connectivity index (χ4v) is 1.88. The summed E-state index contributed by atoms with van der Waals surface area (Å²) in [5, 5.41) is 3.38. The van der Waals surface area contributed by atoms with Gasteiger partial charge >= 0.3 is 0 Å². The Labute approximate surface area is 104 Å². The molecule has 4 heteroatoms. The second kappa shape index (κ2) is 7.90. The highest BCUT2D eigenvalue weighted by atomic mass is 16.5. The van der Waals surface area contributed by atoms with Crippen LogP contribution in [0.3, 0.4) is 0 Å². The first-order valence-electron chi connectivity index (χ1n) is 6.04. The van der Waals surface area contributed by atoms with Gasteiger partial charge in [-0.1, -0.05) is 30.3 Å². The third-order valence-corrected chi connectivity index (χ3v) is 2.90. The van der Waals surface area contributed by atoms with E-state index in [4.69, 9.17) is 0 Å². The van der Waals surface area contributed by atoms with Crippen molar-refractivity contribution in [2.45, 2.75) is 18.8 Å². The van der Waals surface area contributed by atoms with Gasteiger partial charge in [-0.2, -0.15) is 0 Å². The van der Waals surface area contributed by atoms with Gasteiger partial charge in [-0.25, -0.2) is 0 Å². The number of piperidine rings is 1. The number of carbonyl (C=O) groups excluding carboxylic acids is 1. The molecule has 0 spiro atoms. The van der Waals surface area contributed by atoms with E-state index in [-0.39, 0.29) is 5.87 Å². The van der Waals surface area contributed by atoms with Crippen molar-refractivity contribution in [3.05, 3.63) is 35.9 Å². The summed E-state index contributed by atoms with van der Waals surface area (Å²) in [6.45, 7) is 2.36. The zero-order chi connectivity index (χ0) is 12.5. The van der Waals surface area contributed by atoms with E-state index >= 15 is 0 Å². The lowest BCUT2D eigenvalue weighted by atomic mass is 9.90. The molecule has 1 aliphatic rings. The minimum atomic E-state index is -0.245. The molecule has 2 rings (SSSR count). The van der Waals surface area contributed by atoms with Gasteiger partial charge < -0.3 is 10.1 Å². The van der Waals surface area contributed by atoms with Crippen LogP contribution in [0.15, 0.2) is 30.3 Å². The summed E-state index contributed by atoms with van der Waals surface area (Å²) in [6, 6.07) is 10.9. The summed E-state index contributed by atoms with van der Waals surface area (Å²) in [6.07, 6.45) is 2.59. The van der Waals surface area contributed by atoms with Crippen molar-refractivity contribution < 1.29 is 9.53 Å². The molecule has 1 aliphatic heterocycles. The van der Waals surface area contributed by atoms with Crippen molar-refractivity contribution in [3.63, 3.8) is 0 Å². The van der Waals surface area contributed by atoms with Crippen LogP contribution in [-0.2, 0) is 4.74 Å². The smallest absolute Gasteiger partial charge is 0.242 e. The molecule has 1 N–H and O–H groups in total. The monoisotopic (exact) mass is 233 g/mol. The molecule has 0 atom stereocenters. The predicted molar refractivity (Wildman–Crippen MR) is 72.2 cm³/mol. The number of rotatable bonds is 1. The molecule has 1 aromatic carbocycles. The van der Waals surface area contributed by atoms with E-state index in [0.717, 1.165) is 5.92 Å². The van der Waals surface area contributed by atoms with E-state index in [9.17, 15) is 4.79 Å². The topological polar surface area (TPSA) is 38.3 Å². The number of ether oxygens (including phenoxy) is 1. The standard InChI is InChI=1S/C11H15N.C2H5BO2/c1-2-4-10(5-3-1)11-6-8-12-9-7-11;1-5-2(3)4/h1-5,11-12H,6-9H2;3H2,1H3. The van der Waals surface area contributed by atoms with Crippen molar-refractivity contribution >= 4 is 13.7 Å². The third kappa shape index (κ3) is 5.54. The Morgan fingerprint density at radius 1 is 1.29 bits per heavy atom. The largest absolute Gasteiger partial charge is 0.477 e. The van der Waals surface area contributed by atoms with Crippen LogP contribution >= 0.6 is 0 Å². The van der Waals surface area contributed by atoms with E-state index in [1.54, 1.807) is 0 Å². The fraction of sp³-hybridized carbons (Fsp3) is 0.462. The molecule has 1 saturated heterocycles. The molecule has 1 heterocycles. The van der Waals surface area contributed by atoms with Gasteiger partial charge in [-0.05, 0) is 37.4 Å². The molecule has 0 radical (unpaired) electrons. The minimum Gasteiger partial charge on any atom is -0.477 e. The molecule has 3 nitrogen and oxygen atoms in total. The molecule has 17 heavy (non-hydrogen) atoms. The van der Waals surface area contributed by atoms with Crippen LogP contribution in [-0.4, -0.2) is 33.9 Å². The first-order chi connectivity index (χ1) is 8.24. The fourth-order valence-electron chi connectivity index (χ4n) is 1.88. The molecule has 0 unspecified atom stereocenters. The predicted octanol–water partition coefficient (Wildman–Crippen LogP) is 1.54. The summed E-state index contributed by atoms with van der Waals surface area (Å²) in [4.78, 5) is 9.59. The average molecular weight is 233 g/mol. The first kappa shape index (κ1) is 13.8. The van der Waals surface area contributed by atoms with Crippen LogP contribution in [0.4, 0.5) is 4.79 Å². The van der Waals surface area contributed by atoms with Crippen molar-refractivity contribution in [1.29, 1.82) is 0 Å². The highest BCUT2D eigenvalue weighted by molar-refractivity contribution is 6.55. The zero-order valence-corrected chi connectivity index (χ0v) is 10.6. The normalized spacial score (nSPS) is 15.6. The highest BCUT2D eigenvalue weighted by Gasteiger charge is 2.13. The van der Waals surface area contributed by atoms with Gasteiger partial charge in [-0.3, -0.25) is 4.79 Å². The molecule has 1 aromatic rings. The van der Waals surface area contributed by atoms with Crippen molar-refractivity contribution in [3.8, 4) is 0 Å². The molecular weight excluding hydrogens is 213 g/mol. The maximum absolute atomic E-state index is 9.59. The van der Waals surface area contributed by atoms with Crippen LogP contribution in [0, 0.1) is 0 Å². The number of benzene rings is 1. The summed E-state index contributed by atoms with van der Waals surface area (Å²) in [7, 11) is 2.71. The van der Waals surface area contributed by atoms with Gasteiger partial charge in [-0.15, -0.1) is 0 Å². The van der Waals surface area contributed by atoms with E-state index in [1.807, 2.05) is 0 Å². The lowest BCUT2D eigenvalue weighted by molar-refractivity contribution is 0.198. The molecule has 0 saturated carbocycles. The van der Waals surface area contributed by atoms with Crippen LogP contribution in [0.1, 0.15) is 24.3 Å². The number of methoxy groups -OCH3 is 1. The summed E-state index contributed by atoms with van der Waals surface area (Å²) in [5.74, 6) is 0.553. The summed E-state index contributed by atoms with van der Waals surface area (Å²) < 4.78 is 4.11. The number of nitrogens with one attached hydrogen (secondary N) is 1. The molecule has 1 fully saturated rings. The van der Waals surface area contributed by atoms with Gasteiger partial charge in [0.25, 0.3) is 0 Å². The lowest BCUT2D eigenvalue weighted by Crippen LogP contribution is -2.26. The molecule has 0 aromatic heterocycles. The minimum absolute atomic E-state index is 0.245. The second-order valence-corrected chi connectivity index (χ2v) is 4.13. The van der Waals surface area contributed by atoms with Crippen LogP contribution < -0.4 is 5.32 Å². The Bertz CT molecular complexity index is 323. The summed E-state index contributed by atoms with van der Waals surface area (Å²) in [5.41, 5.74) is 1.51. The molecule has 0 aliphatic carbocycles. The van der Waals surface area contributed by atoms with Crippen molar-refractivity contribution in [2.24, 2.45) is 0 Å². The van der Waals surface area contributed by atoms with E-state index in [1.165, 1.54) is 46.5 Å². The maximum atomic E-state index is 9.59. The van der Waals surface area contributed by atoms with Crippen molar-refractivity contribution in [1.82, 2.24) is 5.32 Å². The Kier molecular flexibility index (Phi) is 6.41. The molecular formula is C13H20BNO2. The van der Waals surface area contributed by atoms with Gasteiger partial charge in [0.1, 0.15) is 0 Å². The Morgan fingerprint density at radius 2 is 1.82 bits per heavy atom. The molecule has 0 amide bonds.